The zero-order chi connectivity index (χ0) is 26.5. The van der Waals surface area contributed by atoms with Crippen molar-refractivity contribution >= 4 is 17.7 Å². The predicted octanol–water partition coefficient (Wildman–Crippen LogP) is 5.39. The number of hydrogen-bond donors (Lipinski definition) is 2. The molecule has 0 saturated heterocycles. The first-order valence-corrected chi connectivity index (χ1v) is 13.6. The van der Waals surface area contributed by atoms with Crippen molar-refractivity contribution in [2.45, 2.75) is 57.0 Å². The highest BCUT2D eigenvalue weighted by Crippen LogP contribution is 2.36. The molecule has 1 fully saturated rings. The van der Waals surface area contributed by atoms with Crippen LogP contribution >= 0.6 is 0 Å². The smallest absolute Gasteiger partial charge is 0.261 e. The average molecular weight is 511 g/mol. The van der Waals surface area contributed by atoms with Gasteiger partial charge in [0.25, 0.3) is 11.8 Å². The van der Waals surface area contributed by atoms with E-state index in [9.17, 15) is 19.5 Å². The maximum atomic E-state index is 13.8. The van der Waals surface area contributed by atoms with Crippen LogP contribution in [0.1, 0.15) is 87.9 Å². The van der Waals surface area contributed by atoms with Crippen LogP contribution < -0.4 is 5.32 Å². The zero-order valence-electron chi connectivity index (χ0n) is 21.5. The van der Waals surface area contributed by atoms with Crippen LogP contribution in [0.5, 0.6) is 0 Å². The highest BCUT2D eigenvalue weighted by atomic mass is 16.3. The molecule has 3 aromatic carbocycles. The number of nitrogens with one attached hydrogen (secondary N) is 1. The van der Waals surface area contributed by atoms with Crippen LogP contribution in [-0.2, 0) is 11.3 Å². The molecule has 6 nitrogen and oxygen atoms in total. The lowest BCUT2D eigenvalue weighted by Crippen LogP contribution is -2.37. The van der Waals surface area contributed by atoms with Crippen molar-refractivity contribution in [2.75, 3.05) is 6.61 Å². The lowest BCUT2D eigenvalue weighted by molar-refractivity contribution is -0.125. The molecule has 196 valence electrons. The number of benzene rings is 3. The molecule has 6 heteroatoms. The van der Waals surface area contributed by atoms with Crippen molar-refractivity contribution in [3.63, 3.8) is 0 Å². The Morgan fingerprint density at radius 3 is 1.95 bits per heavy atom. The van der Waals surface area contributed by atoms with Gasteiger partial charge in [0, 0.05) is 0 Å². The molecule has 2 aliphatic rings. The average Bonchev–Trinajstić information content (AvgIpc) is 3.12. The summed E-state index contributed by atoms with van der Waals surface area (Å²) in [5.74, 6) is -0.746. The van der Waals surface area contributed by atoms with Gasteiger partial charge in [-0.25, -0.2) is 0 Å². The van der Waals surface area contributed by atoms with E-state index in [0.29, 0.717) is 11.1 Å². The summed E-state index contributed by atoms with van der Waals surface area (Å²) >= 11 is 0. The molecule has 0 radical (unpaired) electrons. The first-order valence-electron chi connectivity index (χ1n) is 13.6. The number of aliphatic hydroxyl groups is 1. The first-order chi connectivity index (χ1) is 18.6. The number of hydrogen-bond acceptors (Lipinski definition) is 4. The summed E-state index contributed by atoms with van der Waals surface area (Å²) in [4.78, 5) is 40.6. The Morgan fingerprint density at radius 2 is 1.37 bits per heavy atom. The molecule has 2 atom stereocenters. The van der Waals surface area contributed by atoms with E-state index in [1.165, 1.54) is 17.7 Å². The van der Waals surface area contributed by atoms with E-state index in [2.05, 4.69) is 5.32 Å². The summed E-state index contributed by atoms with van der Waals surface area (Å²) in [7, 11) is 0. The van der Waals surface area contributed by atoms with Crippen molar-refractivity contribution < 1.29 is 19.5 Å². The number of amides is 3. The van der Waals surface area contributed by atoms with Gasteiger partial charge >= 0.3 is 0 Å². The van der Waals surface area contributed by atoms with Crippen molar-refractivity contribution in [1.29, 1.82) is 0 Å². The second kappa shape index (κ2) is 11.7. The summed E-state index contributed by atoms with van der Waals surface area (Å²) in [6, 6.07) is 23.7. The minimum atomic E-state index is -0.468. The highest BCUT2D eigenvalue weighted by Gasteiger charge is 2.35. The van der Waals surface area contributed by atoms with Crippen LogP contribution in [0.15, 0.2) is 78.9 Å². The van der Waals surface area contributed by atoms with Crippen LogP contribution in [0.25, 0.3) is 0 Å². The third-order valence-corrected chi connectivity index (χ3v) is 7.91. The van der Waals surface area contributed by atoms with Gasteiger partial charge in [-0.2, -0.15) is 0 Å². The molecule has 38 heavy (non-hydrogen) atoms. The van der Waals surface area contributed by atoms with Gasteiger partial charge in [0.05, 0.1) is 36.2 Å². The zero-order valence-corrected chi connectivity index (χ0v) is 21.5. The van der Waals surface area contributed by atoms with Crippen molar-refractivity contribution in [1.82, 2.24) is 10.2 Å². The van der Waals surface area contributed by atoms with Crippen LogP contribution in [-0.4, -0.2) is 34.3 Å². The van der Waals surface area contributed by atoms with Gasteiger partial charge in [-0.1, -0.05) is 92.4 Å². The number of aliphatic hydroxyl groups excluding tert-OH is 1. The number of rotatable bonds is 8. The minimum absolute atomic E-state index is 0.0760. The molecular weight excluding hydrogens is 476 g/mol. The fourth-order valence-corrected chi connectivity index (χ4v) is 5.86. The van der Waals surface area contributed by atoms with Gasteiger partial charge < -0.3 is 10.4 Å². The summed E-state index contributed by atoms with van der Waals surface area (Å²) in [6.45, 7) is 0.0138. The van der Waals surface area contributed by atoms with Gasteiger partial charge in [0.2, 0.25) is 5.91 Å². The Hall–Kier alpha value is -3.77. The molecule has 3 amide bonds. The van der Waals surface area contributed by atoms with E-state index >= 15 is 0 Å². The Bertz CT molecular complexity index is 1250. The van der Waals surface area contributed by atoms with Gasteiger partial charge in [-0.15, -0.1) is 0 Å². The van der Waals surface area contributed by atoms with E-state index in [0.717, 1.165) is 42.4 Å². The summed E-state index contributed by atoms with van der Waals surface area (Å²) in [6.07, 6.45) is 6.57. The van der Waals surface area contributed by atoms with Crippen LogP contribution in [0.4, 0.5) is 0 Å². The molecular formula is C32H34N2O4. The molecule has 0 bridgehead atoms. The van der Waals surface area contributed by atoms with E-state index in [1.54, 1.807) is 24.3 Å². The summed E-state index contributed by atoms with van der Waals surface area (Å²) < 4.78 is 0. The van der Waals surface area contributed by atoms with Crippen molar-refractivity contribution in [2.24, 2.45) is 5.92 Å². The van der Waals surface area contributed by atoms with E-state index < -0.39 is 6.04 Å². The second-order valence-electron chi connectivity index (χ2n) is 10.4. The number of nitrogens with zero attached hydrogens (tertiary/aromatic N) is 1. The maximum absolute atomic E-state index is 13.8. The topological polar surface area (TPSA) is 86.7 Å². The van der Waals surface area contributed by atoms with Gasteiger partial charge in [-0.05, 0) is 47.6 Å². The van der Waals surface area contributed by atoms with Crippen molar-refractivity contribution in [3.8, 4) is 0 Å². The molecule has 1 unspecified atom stereocenters. The fourth-order valence-electron chi connectivity index (χ4n) is 5.86. The Kier molecular flexibility index (Phi) is 7.99. The monoisotopic (exact) mass is 510 g/mol. The van der Waals surface area contributed by atoms with Crippen molar-refractivity contribution in [3.05, 3.63) is 107 Å². The highest BCUT2D eigenvalue weighted by molar-refractivity contribution is 6.21. The summed E-state index contributed by atoms with van der Waals surface area (Å²) in [5, 5.41) is 13.1. The largest absolute Gasteiger partial charge is 0.394 e. The predicted molar refractivity (Wildman–Crippen MR) is 145 cm³/mol. The normalized spacial score (nSPS) is 17.6. The third kappa shape index (κ3) is 5.41. The maximum Gasteiger partial charge on any atom is 0.261 e. The van der Waals surface area contributed by atoms with Crippen LogP contribution in [0.2, 0.25) is 0 Å². The number of carbonyl (C=O) groups excluding carboxylic acids is 3. The third-order valence-electron chi connectivity index (χ3n) is 7.91. The fraction of sp³-hybridized carbons (Fsp3) is 0.344. The molecule has 0 spiro atoms. The summed E-state index contributed by atoms with van der Waals surface area (Å²) in [5.41, 5.74) is 3.51. The molecule has 0 aromatic heterocycles. The molecule has 2 N–H and O–H groups in total. The van der Waals surface area contributed by atoms with Crippen LogP contribution in [0, 0.1) is 5.92 Å². The molecule has 1 aliphatic heterocycles. The lowest BCUT2D eigenvalue weighted by atomic mass is 9.80. The van der Waals surface area contributed by atoms with E-state index in [1.807, 2.05) is 54.6 Å². The quantitative estimate of drug-likeness (QED) is 0.314. The Balaban J connectivity index is 1.36. The second-order valence-corrected chi connectivity index (χ2v) is 10.4. The SMILES string of the molecule is O=C(N[C@@H](CO)c1ccccc1)C(c1ccc(CN2C(=O)c3ccccc3C2=O)cc1)C1CCCCCC1. The minimum Gasteiger partial charge on any atom is -0.394 e. The standard InChI is InChI=1S/C32H34N2O4/c35-21-28(23-10-6-3-7-11-23)33-30(36)29(24-12-4-1-2-5-13-24)25-18-16-22(17-19-25)20-34-31(37)26-14-8-9-15-27(26)32(34)38/h3,6-11,14-19,24,28-29,35H,1-2,4-5,12-13,20-21H2,(H,33,36)/t28-,29?/m0/s1. The molecule has 1 heterocycles. The number of imide groups is 1. The number of carbonyl (C=O) groups is 3. The molecule has 1 aliphatic carbocycles. The Morgan fingerprint density at radius 1 is 0.789 bits per heavy atom. The molecule has 1 saturated carbocycles. The van der Waals surface area contributed by atoms with Gasteiger partial charge in [0.15, 0.2) is 0 Å². The molecule has 5 rings (SSSR count). The van der Waals surface area contributed by atoms with Gasteiger partial charge in [-0.3, -0.25) is 19.3 Å². The lowest BCUT2D eigenvalue weighted by Gasteiger charge is -2.28. The number of fused-ring (bicyclic) bond motifs is 1. The molecule has 3 aromatic rings. The Labute approximate surface area is 223 Å². The van der Waals surface area contributed by atoms with Crippen LogP contribution in [0.3, 0.4) is 0 Å². The van der Waals surface area contributed by atoms with E-state index in [-0.39, 0.29) is 42.7 Å². The van der Waals surface area contributed by atoms with E-state index in [4.69, 9.17) is 0 Å². The first kappa shape index (κ1) is 25.9. The van der Waals surface area contributed by atoms with Gasteiger partial charge in [0.1, 0.15) is 0 Å².